The van der Waals surface area contributed by atoms with E-state index in [1.54, 1.807) is 18.2 Å². The summed E-state index contributed by atoms with van der Waals surface area (Å²) in [5, 5.41) is 3.33. The molecule has 3 unspecified atom stereocenters. The highest BCUT2D eigenvalue weighted by Gasteiger charge is 2.48. The Labute approximate surface area is 148 Å². The summed E-state index contributed by atoms with van der Waals surface area (Å²) in [4.78, 5) is 11.6. The molecule has 0 bridgehead atoms. The number of amides is 1. The molecule has 0 radical (unpaired) electrons. The zero-order chi connectivity index (χ0) is 18.4. The van der Waals surface area contributed by atoms with Crippen LogP contribution in [0.2, 0.25) is 0 Å². The molecule has 0 spiro atoms. The van der Waals surface area contributed by atoms with Crippen molar-refractivity contribution in [2.75, 3.05) is 19.7 Å². The molecule has 3 atom stereocenters. The van der Waals surface area contributed by atoms with E-state index in [-0.39, 0.29) is 11.8 Å². The van der Waals surface area contributed by atoms with Crippen LogP contribution in [0.4, 0.5) is 8.78 Å². The monoisotopic (exact) mass is 354 g/mol. The standard InChI is InChI=1S/C19H28F2N2O2/c1-3-23-11-16-9-4-6-13(2)19(16,25-12-17(20)21)15-8-5-7-14(10-15)18(22)24/h5,7-8,10,13,16-17,23H,3-4,6,9,11-12H2,1-2H3,(H2,22,24). The van der Waals surface area contributed by atoms with Crippen molar-refractivity contribution in [2.24, 2.45) is 17.6 Å². The zero-order valence-corrected chi connectivity index (χ0v) is 14.9. The van der Waals surface area contributed by atoms with Crippen LogP contribution in [0, 0.1) is 11.8 Å². The van der Waals surface area contributed by atoms with E-state index in [1.165, 1.54) is 0 Å². The molecular weight excluding hydrogens is 326 g/mol. The van der Waals surface area contributed by atoms with Gasteiger partial charge in [0.25, 0.3) is 6.43 Å². The van der Waals surface area contributed by atoms with Crippen molar-refractivity contribution in [1.82, 2.24) is 5.32 Å². The Hall–Kier alpha value is -1.53. The molecule has 1 aliphatic rings. The minimum absolute atomic E-state index is 0.0538. The van der Waals surface area contributed by atoms with Gasteiger partial charge in [-0.3, -0.25) is 4.79 Å². The van der Waals surface area contributed by atoms with Gasteiger partial charge in [-0.05, 0) is 43.0 Å². The van der Waals surface area contributed by atoms with E-state index in [9.17, 15) is 13.6 Å². The van der Waals surface area contributed by atoms with E-state index >= 15 is 0 Å². The maximum atomic E-state index is 13.0. The average Bonchev–Trinajstić information content (AvgIpc) is 2.59. The third kappa shape index (κ3) is 4.36. The Bertz CT molecular complexity index is 582. The van der Waals surface area contributed by atoms with E-state index in [1.807, 2.05) is 19.9 Å². The first kappa shape index (κ1) is 19.8. The summed E-state index contributed by atoms with van der Waals surface area (Å²) < 4.78 is 31.9. The highest BCUT2D eigenvalue weighted by molar-refractivity contribution is 5.92. The lowest BCUT2D eigenvalue weighted by atomic mass is 9.65. The summed E-state index contributed by atoms with van der Waals surface area (Å²) in [6, 6.07) is 6.95. The molecule has 140 valence electrons. The second-order valence-corrected chi connectivity index (χ2v) is 6.78. The number of nitrogens with two attached hydrogens (primary N) is 1. The molecule has 1 fully saturated rings. The van der Waals surface area contributed by atoms with Gasteiger partial charge in [0.1, 0.15) is 6.61 Å². The maximum Gasteiger partial charge on any atom is 0.261 e. The fourth-order valence-corrected chi connectivity index (χ4v) is 4.05. The number of benzene rings is 1. The van der Waals surface area contributed by atoms with Gasteiger partial charge < -0.3 is 15.8 Å². The summed E-state index contributed by atoms with van der Waals surface area (Å²) in [7, 11) is 0. The highest BCUT2D eigenvalue weighted by Crippen LogP contribution is 2.48. The predicted octanol–water partition coefficient (Wildman–Crippen LogP) is 3.31. The number of carbonyl (C=O) groups is 1. The van der Waals surface area contributed by atoms with Crippen LogP contribution < -0.4 is 11.1 Å². The number of primary amides is 1. The zero-order valence-electron chi connectivity index (χ0n) is 14.9. The molecule has 1 aliphatic carbocycles. The summed E-state index contributed by atoms with van der Waals surface area (Å²) >= 11 is 0. The third-order valence-corrected chi connectivity index (χ3v) is 5.22. The van der Waals surface area contributed by atoms with Crippen LogP contribution in [0.1, 0.15) is 49.0 Å². The first-order chi connectivity index (χ1) is 11.9. The van der Waals surface area contributed by atoms with Crippen LogP contribution in [-0.4, -0.2) is 32.0 Å². The van der Waals surface area contributed by atoms with Crippen LogP contribution in [0.15, 0.2) is 24.3 Å². The smallest absolute Gasteiger partial charge is 0.261 e. The van der Waals surface area contributed by atoms with Crippen LogP contribution in [-0.2, 0) is 10.3 Å². The molecule has 3 N–H and O–H groups in total. The van der Waals surface area contributed by atoms with Gasteiger partial charge in [0, 0.05) is 18.0 Å². The second-order valence-electron chi connectivity index (χ2n) is 6.78. The molecule has 1 amide bonds. The number of carbonyl (C=O) groups excluding carboxylic acids is 1. The Kier molecular flexibility index (Phi) is 6.90. The SMILES string of the molecule is CCNCC1CCCC(C)C1(OCC(F)F)c1cccc(C(N)=O)c1. The van der Waals surface area contributed by atoms with Crippen molar-refractivity contribution in [2.45, 2.75) is 45.1 Å². The van der Waals surface area contributed by atoms with Crippen molar-refractivity contribution in [1.29, 1.82) is 0 Å². The lowest BCUT2D eigenvalue weighted by Crippen LogP contribution is -2.50. The Morgan fingerprint density at radius 1 is 1.44 bits per heavy atom. The maximum absolute atomic E-state index is 13.0. The first-order valence-electron chi connectivity index (χ1n) is 8.95. The number of nitrogens with one attached hydrogen (secondary N) is 1. The molecule has 6 heteroatoms. The van der Waals surface area contributed by atoms with Crippen LogP contribution in [0.5, 0.6) is 0 Å². The van der Waals surface area contributed by atoms with Gasteiger partial charge in [0.15, 0.2) is 0 Å². The van der Waals surface area contributed by atoms with Gasteiger partial charge in [-0.1, -0.05) is 32.4 Å². The topological polar surface area (TPSA) is 64.3 Å². The average molecular weight is 354 g/mol. The molecule has 1 aromatic carbocycles. The van der Waals surface area contributed by atoms with Gasteiger partial charge >= 0.3 is 0 Å². The van der Waals surface area contributed by atoms with Gasteiger partial charge in [-0.25, -0.2) is 8.78 Å². The summed E-state index contributed by atoms with van der Waals surface area (Å²) in [6.45, 7) is 4.93. The quantitative estimate of drug-likeness (QED) is 0.753. The third-order valence-electron chi connectivity index (χ3n) is 5.22. The lowest BCUT2D eigenvalue weighted by molar-refractivity contribution is -0.169. The van der Waals surface area contributed by atoms with E-state index in [4.69, 9.17) is 10.5 Å². The normalized spacial score (nSPS) is 26.8. The Morgan fingerprint density at radius 3 is 2.84 bits per heavy atom. The van der Waals surface area contributed by atoms with E-state index < -0.39 is 24.5 Å². The van der Waals surface area contributed by atoms with Crippen molar-refractivity contribution < 1.29 is 18.3 Å². The molecule has 4 nitrogen and oxygen atoms in total. The molecule has 25 heavy (non-hydrogen) atoms. The van der Waals surface area contributed by atoms with Crippen LogP contribution in [0.25, 0.3) is 0 Å². The molecule has 0 heterocycles. The summed E-state index contributed by atoms with van der Waals surface area (Å²) in [5.74, 6) is -0.414. The molecule has 0 saturated heterocycles. The van der Waals surface area contributed by atoms with Crippen molar-refractivity contribution in [3.8, 4) is 0 Å². The minimum Gasteiger partial charge on any atom is -0.366 e. The number of ether oxygens (including phenoxy) is 1. The van der Waals surface area contributed by atoms with E-state index in [0.29, 0.717) is 12.1 Å². The van der Waals surface area contributed by atoms with Crippen LogP contribution in [0.3, 0.4) is 0 Å². The lowest BCUT2D eigenvalue weighted by Gasteiger charge is -2.49. The van der Waals surface area contributed by atoms with E-state index in [0.717, 1.165) is 31.4 Å². The molecule has 0 aromatic heterocycles. The Morgan fingerprint density at radius 2 is 2.20 bits per heavy atom. The molecule has 2 rings (SSSR count). The number of halogens is 2. The van der Waals surface area contributed by atoms with E-state index in [2.05, 4.69) is 5.32 Å². The second kappa shape index (κ2) is 8.72. The number of hydrogen-bond acceptors (Lipinski definition) is 3. The van der Waals surface area contributed by atoms with Gasteiger partial charge in [0.05, 0.1) is 5.60 Å². The molecule has 1 aromatic rings. The fourth-order valence-electron chi connectivity index (χ4n) is 4.05. The van der Waals surface area contributed by atoms with Gasteiger partial charge in [0.2, 0.25) is 5.91 Å². The fraction of sp³-hybridized carbons (Fsp3) is 0.632. The van der Waals surface area contributed by atoms with Crippen molar-refractivity contribution >= 4 is 5.91 Å². The van der Waals surface area contributed by atoms with Gasteiger partial charge in [-0.15, -0.1) is 0 Å². The Balaban J connectivity index is 2.49. The molecule has 0 aliphatic heterocycles. The molecular formula is C19H28F2N2O2. The number of alkyl halides is 2. The largest absolute Gasteiger partial charge is 0.366 e. The summed E-state index contributed by atoms with van der Waals surface area (Å²) in [6.07, 6.45) is 0.283. The molecule has 1 saturated carbocycles. The minimum atomic E-state index is -2.54. The predicted molar refractivity (Wildman–Crippen MR) is 93.6 cm³/mol. The van der Waals surface area contributed by atoms with Crippen molar-refractivity contribution in [3.05, 3.63) is 35.4 Å². The summed E-state index contributed by atoms with van der Waals surface area (Å²) in [5.41, 5.74) is 5.71. The van der Waals surface area contributed by atoms with Crippen molar-refractivity contribution in [3.63, 3.8) is 0 Å². The number of hydrogen-bond donors (Lipinski definition) is 2. The first-order valence-corrected chi connectivity index (χ1v) is 8.95. The van der Waals surface area contributed by atoms with Crippen LogP contribution >= 0.6 is 0 Å². The highest BCUT2D eigenvalue weighted by atomic mass is 19.3. The van der Waals surface area contributed by atoms with Gasteiger partial charge in [-0.2, -0.15) is 0 Å². The number of rotatable bonds is 8.